The number of anilines is 1. The molecule has 6 heteroatoms. The zero-order chi connectivity index (χ0) is 14.4. The number of hydrogen-bond acceptors (Lipinski definition) is 3. The molecule has 0 unspecified atom stereocenters. The first-order chi connectivity index (χ1) is 8.88. The molecule has 2 amide bonds. The molecule has 0 aliphatic heterocycles. The van der Waals surface area contributed by atoms with Crippen LogP contribution in [0.25, 0.3) is 0 Å². The number of benzene rings is 1. The van der Waals surface area contributed by atoms with E-state index in [1.54, 1.807) is 6.07 Å². The van der Waals surface area contributed by atoms with Gasteiger partial charge < -0.3 is 16.4 Å². The van der Waals surface area contributed by atoms with Crippen LogP contribution in [-0.2, 0) is 4.79 Å². The molecule has 5 nitrogen and oxygen atoms in total. The fourth-order valence-corrected chi connectivity index (χ4v) is 1.63. The minimum Gasteiger partial charge on any atom is -0.399 e. The van der Waals surface area contributed by atoms with Crippen LogP contribution in [0.1, 0.15) is 24.2 Å². The van der Waals surface area contributed by atoms with Crippen molar-refractivity contribution in [1.29, 1.82) is 0 Å². The second-order valence-corrected chi connectivity index (χ2v) is 5.09. The van der Waals surface area contributed by atoms with Crippen LogP contribution in [0.2, 0.25) is 5.02 Å². The molecule has 0 aliphatic rings. The van der Waals surface area contributed by atoms with Crippen molar-refractivity contribution in [1.82, 2.24) is 10.6 Å². The van der Waals surface area contributed by atoms with Gasteiger partial charge in [-0.2, -0.15) is 0 Å². The molecule has 19 heavy (non-hydrogen) atoms. The topological polar surface area (TPSA) is 84.2 Å². The number of carbonyl (C=O) groups is 2. The van der Waals surface area contributed by atoms with E-state index in [0.29, 0.717) is 28.7 Å². The first kappa shape index (κ1) is 15.3. The average Bonchev–Trinajstić information content (AvgIpc) is 2.32. The second-order valence-electron chi connectivity index (χ2n) is 4.65. The van der Waals surface area contributed by atoms with Gasteiger partial charge in [0.25, 0.3) is 5.91 Å². The van der Waals surface area contributed by atoms with Gasteiger partial charge in [-0.3, -0.25) is 9.59 Å². The Balaban J connectivity index is 2.49. The van der Waals surface area contributed by atoms with Gasteiger partial charge in [0, 0.05) is 22.8 Å². The normalized spacial score (nSPS) is 10.3. The van der Waals surface area contributed by atoms with E-state index in [1.807, 2.05) is 13.8 Å². The molecule has 4 N–H and O–H groups in total. The molecule has 0 aromatic heterocycles. The maximum atomic E-state index is 11.8. The summed E-state index contributed by atoms with van der Waals surface area (Å²) in [5.41, 5.74) is 6.33. The monoisotopic (exact) mass is 283 g/mol. The third-order valence-electron chi connectivity index (χ3n) is 2.30. The molecule has 0 spiro atoms. The minimum absolute atomic E-state index is 0.0715. The van der Waals surface area contributed by atoms with Crippen LogP contribution < -0.4 is 16.4 Å². The fourth-order valence-electron chi connectivity index (χ4n) is 1.39. The SMILES string of the molecule is CC(C)CNC(=O)CNC(=O)c1cc(N)cc(Cl)c1. The lowest BCUT2D eigenvalue weighted by Crippen LogP contribution is -2.38. The molecule has 1 aromatic carbocycles. The highest BCUT2D eigenvalue weighted by atomic mass is 35.5. The molecule has 1 aromatic rings. The van der Waals surface area contributed by atoms with Crippen molar-refractivity contribution in [3.63, 3.8) is 0 Å². The van der Waals surface area contributed by atoms with Gasteiger partial charge in [-0.05, 0) is 24.1 Å². The van der Waals surface area contributed by atoms with Crippen molar-refractivity contribution in [2.24, 2.45) is 5.92 Å². The summed E-state index contributed by atoms with van der Waals surface area (Å²) in [7, 11) is 0. The molecule has 0 atom stereocenters. The predicted octanol–water partition coefficient (Wildman–Crippen LogP) is 1.42. The van der Waals surface area contributed by atoms with Crippen LogP contribution in [0.15, 0.2) is 18.2 Å². The third-order valence-corrected chi connectivity index (χ3v) is 2.52. The summed E-state index contributed by atoms with van der Waals surface area (Å²) >= 11 is 5.80. The molecule has 0 fully saturated rings. The molecule has 0 saturated heterocycles. The first-order valence-corrected chi connectivity index (χ1v) is 6.37. The standard InChI is InChI=1S/C13H18ClN3O2/c1-8(2)6-16-12(18)7-17-13(19)9-3-10(14)5-11(15)4-9/h3-5,8H,6-7,15H2,1-2H3,(H,16,18)(H,17,19). The first-order valence-electron chi connectivity index (χ1n) is 5.99. The zero-order valence-corrected chi connectivity index (χ0v) is 11.8. The summed E-state index contributed by atoms with van der Waals surface area (Å²) in [6, 6.07) is 4.56. The number of nitrogen functional groups attached to an aromatic ring is 1. The predicted molar refractivity (Wildman–Crippen MR) is 76.0 cm³/mol. The van der Waals surface area contributed by atoms with Crippen LogP contribution in [0.4, 0.5) is 5.69 Å². The largest absolute Gasteiger partial charge is 0.399 e. The van der Waals surface area contributed by atoms with E-state index >= 15 is 0 Å². The highest BCUT2D eigenvalue weighted by molar-refractivity contribution is 6.31. The summed E-state index contributed by atoms with van der Waals surface area (Å²) in [5, 5.41) is 5.60. The van der Waals surface area contributed by atoms with E-state index < -0.39 is 0 Å². The molecular formula is C13H18ClN3O2. The van der Waals surface area contributed by atoms with Gasteiger partial charge >= 0.3 is 0 Å². The van der Waals surface area contributed by atoms with Gasteiger partial charge in [-0.1, -0.05) is 25.4 Å². The van der Waals surface area contributed by atoms with Gasteiger partial charge in [0.2, 0.25) is 5.91 Å². The lowest BCUT2D eigenvalue weighted by atomic mass is 10.2. The second kappa shape index (κ2) is 6.99. The Bertz CT molecular complexity index is 455. The van der Waals surface area contributed by atoms with Gasteiger partial charge in [0.15, 0.2) is 0 Å². The van der Waals surface area contributed by atoms with E-state index in [0.717, 1.165) is 0 Å². The fraction of sp³-hybridized carbons (Fsp3) is 0.385. The smallest absolute Gasteiger partial charge is 0.251 e. The lowest BCUT2D eigenvalue weighted by molar-refractivity contribution is -0.120. The van der Waals surface area contributed by atoms with E-state index in [9.17, 15) is 9.59 Å². The van der Waals surface area contributed by atoms with E-state index in [4.69, 9.17) is 17.3 Å². The highest BCUT2D eigenvalue weighted by Crippen LogP contribution is 2.16. The molecule has 0 heterocycles. The quantitative estimate of drug-likeness (QED) is 0.715. The van der Waals surface area contributed by atoms with E-state index in [1.165, 1.54) is 12.1 Å². The van der Waals surface area contributed by atoms with Gasteiger partial charge in [0.1, 0.15) is 0 Å². The molecule has 0 bridgehead atoms. The van der Waals surface area contributed by atoms with Crippen molar-refractivity contribution in [3.05, 3.63) is 28.8 Å². The van der Waals surface area contributed by atoms with Crippen molar-refractivity contribution < 1.29 is 9.59 Å². The van der Waals surface area contributed by atoms with Crippen molar-refractivity contribution >= 4 is 29.1 Å². The van der Waals surface area contributed by atoms with E-state index in [-0.39, 0.29) is 18.4 Å². The molecule has 0 saturated carbocycles. The average molecular weight is 284 g/mol. The number of rotatable bonds is 5. The Morgan fingerprint density at radius 2 is 1.95 bits per heavy atom. The summed E-state index contributed by atoms with van der Waals surface area (Å²) in [4.78, 5) is 23.2. The Morgan fingerprint density at radius 3 is 2.53 bits per heavy atom. The van der Waals surface area contributed by atoms with Crippen molar-refractivity contribution in [2.75, 3.05) is 18.8 Å². The number of amides is 2. The van der Waals surface area contributed by atoms with E-state index in [2.05, 4.69) is 10.6 Å². The van der Waals surface area contributed by atoms with Crippen molar-refractivity contribution in [2.45, 2.75) is 13.8 Å². The molecule has 104 valence electrons. The zero-order valence-electron chi connectivity index (χ0n) is 11.0. The number of halogens is 1. The Kier molecular flexibility index (Phi) is 5.63. The highest BCUT2D eigenvalue weighted by Gasteiger charge is 2.09. The summed E-state index contributed by atoms with van der Waals surface area (Å²) < 4.78 is 0. The summed E-state index contributed by atoms with van der Waals surface area (Å²) in [5.74, 6) is -0.238. The Morgan fingerprint density at radius 1 is 1.26 bits per heavy atom. The molecular weight excluding hydrogens is 266 g/mol. The molecule has 0 radical (unpaired) electrons. The minimum atomic E-state index is -0.381. The Hall–Kier alpha value is -1.75. The summed E-state index contributed by atoms with van der Waals surface area (Å²) in [6.07, 6.45) is 0. The number of carbonyl (C=O) groups excluding carboxylic acids is 2. The number of nitrogens with two attached hydrogens (primary N) is 1. The molecule has 0 aliphatic carbocycles. The lowest BCUT2D eigenvalue weighted by Gasteiger charge is -2.09. The maximum absolute atomic E-state index is 11.8. The third kappa shape index (κ3) is 5.61. The van der Waals surface area contributed by atoms with Crippen LogP contribution in [0.3, 0.4) is 0 Å². The summed E-state index contributed by atoms with van der Waals surface area (Å²) in [6.45, 7) is 4.50. The number of hydrogen-bond donors (Lipinski definition) is 3. The molecule has 1 rings (SSSR count). The Labute approximate surface area is 117 Å². The van der Waals surface area contributed by atoms with Crippen LogP contribution in [0, 0.1) is 5.92 Å². The van der Waals surface area contributed by atoms with Crippen LogP contribution in [0.5, 0.6) is 0 Å². The number of nitrogens with one attached hydrogen (secondary N) is 2. The van der Waals surface area contributed by atoms with Gasteiger partial charge in [-0.25, -0.2) is 0 Å². The van der Waals surface area contributed by atoms with Gasteiger partial charge in [0.05, 0.1) is 6.54 Å². The van der Waals surface area contributed by atoms with Crippen LogP contribution >= 0.6 is 11.6 Å². The van der Waals surface area contributed by atoms with Crippen molar-refractivity contribution in [3.8, 4) is 0 Å². The maximum Gasteiger partial charge on any atom is 0.251 e. The van der Waals surface area contributed by atoms with Gasteiger partial charge in [-0.15, -0.1) is 0 Å². The van der Waals surface area contributed by atoms with Crippen LogP contribution in [-0.4, -0.2) is 24.9 Å².